The van der Waals surface area contributed by atoms with Crippen molar-refractivity contribution in [3.05, 3.63) is 46.0 Å². The molecule has 0 spiro atoms. The lowest BCUT2D eigenvalue weighted by Gasteiger charge is -2.31. The van der Waals surface area contributed by atoms with Gasteiger partial charge in [0.25, 0.3) is 11.5 Å². The highest BCUT2D eigenvalue weighted by atomic mass is 16.2. The van der Waals surface area contributed by atoms with Crippen LogP contribution >= 0.6 is 0 Å². The van der Waals surface area contributed by atoms with Crippen molar-refractivity contribution in [2.45, 2.75) is 38.1 Å². The lowest BCUT2D eigenvalue weighted by Crippen LogP contribution is -2.40. The molecule has 1 saturated carbocycles. The number of aromatic nitrogens is 4. The first-order valence-corrected chi connectivity index (χ1v) is 9.89. The van der Waals surface area contributed by atoms with Crippen molar-refractivity contribution >= 4 is 11.7 Å². The second-order valence-corrected chi connectivity index (χ2v) is 7.96. The molecule has 1 aliphatic carbocycles. The van der Waals surface area contributed by atoms with E-state index in [9.17, 15) is 9.59 Å². The lowest BCUT2D eigenvalue weighted by atomic mass is 9.96. The number of amides is 1. The van der Waals surface area contributed by atoms with Gasteiger partial charge < -0.3 is 9.80 Å². The predicted molar refractivity (Wildman–Crippen MR) is 105 cm³/mol. The summed E-state index contributed by atoms with van der Waals surface area (Å²) in [6, 6.07) is 7.03. The number of rotatable bonds is 5. The normalized spacial score (nSPS) is 17.6. The van der Waals surface area contributed by atoms with Crippen molar-refractivity contribution < 1.29 is 4.79 Å². The molecule has 4 rings (SSSR count). The summed E-state index contributed by atoms with van der Waals surface area (Å²) in [5.74, 6) is 1.53. The first-order valence-electron chi connectivity index (χ1n) is 9.89. The molecule has 1 amide bonds. The van der Waals surface area contributed by atoms with Crippen molar-refractivity contribution in [3.63, 3.8) is 0 Å². The molecule has 8 heteroatoms. The smallest absolute Gasteiger partial charge is 0.274 e. The molecule has 2 aromatic heterocycles. The third kappa shape index (κ3) is 4.05. The molecule has 1 saturated heterocycles. The first-order chi connectivity index (χ1) is 13.5. The van der Waals surface area contributed by atoms with E-state index in [0.29, 0.717) is 37.2 Å². The number of piperidine rings is 1. The Morgan fingerprint density at radius 1 is 1.07 bits per heavy atom. The van der Waals surface area contributed by atoms with Crippen molar-refractivity contribution in [3.8, 4) is 0 Å². The van der Waals surface area contributed by atoms with Gasteiger partial charge in [0, 0.05) is 45.7 Å². The molecule has 2 fully saturated rings. The molecule has 0 unspecified atom stereocenters. The summed E-state index contributed by atoms with van der Waals surface area (Å²) < 4.78 is 1.61. The van der Waals surface area contributed by atoms with E-state index in [2.05, 4.69) is 15.3 Å². The van der Waals surface area contributed by atoms with Gasteiger partial charge in [-0.25, -0.2) is 4.68 Å². The fourth-order valence-electron chi connectivity index (χ4n) is 3.60. The monoisotopic (exact) mass is 382 g/mol. The Morgan fingerprint density at radius 2 is 1.82 bits per heavy atom. The highest BCUT2D eigenvalue weighted by Crippen LogP contribution is 2.38. The van der Waals surface area contributed by atoms with Crippen LogP contribution in [0, 0.1) is 5.92 Å². The molecule has 0 N–H and O–H groups in total. The lowest BCUT2D eigenvalue weighted by molar-refractivity contribution is 0.0673. The first kappa shape index (κ1) is 18.6. The van der Waals surface area contributed by atoms with E-state index in [1.54, 1.807) is 22.9 Å². The molecular formula is C20H26N6O2. The van der Waals surface area contributed by atoms with Gasteiger partial charge in [0.05, 0.1) is 5.69 Å². The molecular weight excluding hydrogens is 356 g/mol. The maximum Gasteiger partial charge on any atom is 0.274 e. The molecule has 8 nitrogen and oxygen atoms in total. The summed E-state index contributed by atoms with van der Waals surface area (Å²) in [5, 5.41) is 12.7. The van der Waals surface area contributed by atoms with E-state index in [1.165, 1.54) is 12.8 Å². The average molecular weight is 382 g/mol. The van der Waals surface area contributed by atoms with Crippen LogP contribution < -0.4 is 10.5 Å². The van der Waals surface area contributed by atoms with Crippen LogP contribution in [0.3, 0.4) is 0 Å². The van der Waals surface area contributed by atoms with E-state index in [4.69, 9.17) is 0 Å². The minimum absolute atomic E-state index is 0.0424. The number of anilines is 1. The SMILES string of the molecule is CN(C)c1ccc(C(=O)N2CCC(Cn3nc(C4CC4)ccc3=O)CC2)nn1. The van der Waals surface area contributed by atoms with Gasteiger partial charge in [0.2, 0.25) is 0 Å². The molecule has 0 radical (unpaired) electrons. The van der Waals surface area contributed by atoms with Crippen LogP contribution in [0.2, 0.25) is 0 Å². The van der Waals surface area contributed by atoms with Crippen molar-refractivity contribution in [2.75, 3.05) is 32.1 Å². The van der Waals surface area contributed by atoms with Crippen LogP contribution in [0.1, 0.15) is 47.8 Å². The minimum Gasteiger partial charge on any atom is -0.361 e. The molecule has 0 aromatic carbocycles. The number of hydrogen-bond donors (Lipinski definition) is 0. The van der Waals surface area contributed by atoms with Crippen molar-refractivity contribution in [1.82, 2.24) is 24.9 Å². The predicted octanol–water partition coefficient (Wildman–Crippen LogP) is 1.53. The van der Waals surface area contributed by atoms with Crippen LogP contribution in [0.25, 0.3) is 0 Å². The second kappa shape index (κ2) is 7.69. The van der Waals surface area contributed by atoms with Crippen LogP contribution in [0.4, 0.5) is 5.82 Å². The zero-order valence-corrected chi connectivity index (χ0v) is 16.4. The molecule has 28 heavy (non-hydrogen) atoms. The van der Waals surface area contributed by atoms with E-state index in [-0.39, 0.29) is 11.5 Å². The van der Waals surface area contributed by atoms with Gasteiger partial charge in [-0.2, -0.15) is 5.10 Å². The Balaban J connectivity index is 1.35. The number of likely N-dealkylation sites (tertiary alicyclic amines) is 1. The van der Waals surface area contributed by atoms with Gasteiger partial charge in [0.15, 0.2) is 11.5 Å². The van der Waals surface area contributed by atoms with E-state index in [0.717, 1.165) is 24.4 Å². The summed E-state index contributed by atoms with van der Waals surface area (Å²) in [4.78, 5) is 28.5. The fraction of sp³-hybridized carbons (Fsp3) is 0.550. The Bertz CT molecular complexity index is 896. The summed E-state index contributed by atoms with van der Waals surface area (Å²) >= 11 is 0. The standard InChI is InChI=1S/C20H26N6O2/c1-24(2)18-7-5-17(21-22-18)20(28)25-11-9-14(10-12-25)13-26-19(27)8-6-16(23-26)15-3-4-15/h5-8,14-15H,3-4,9-13H2,1-2H3. The molecule has 1 aliphatic heterocycles. The summed E-state index contributed by atoms with van der Waals surface area (Å²) in [5.41, 5.74) is 1.37. The molecule has 2 aromatic rings. The summed E-state index contributed by atoms with van der Waals surface area (Å²) in [7, 11) is 3.77. The van der Waals surface area contributed by atoms with E-state index >= 15 is 0 Å². The minimum atomic E-state index is -0.0812. The van der Waals surface area contributed by atoms with Crippen LogP contribution in [0.5, 0.6) is 0 Å². The number of hydrogen-bond acceptors (Lipinski definition) is 6. The highest BCUT2D eigenvalue weighted by molar-refractivity contribution is 5.92. The number of carbonyl (C=O) groups excluding carboxylic acids is 1. The van der Waals surface area contributed by atoms with E-state index < -0.39 is 0 Å². The highest BCUT2D eigenvalue weighted by Gasteiger charge is 2.27. The molecule has 148 valence electrons. The molecule has 0 bridgehead atoms. The van der Waals surface area contributed by atoms with Gasteiger partial charge in [-0.05, 0) is 49.8 Å². The Morgan fingerprint density at radius 3 is 2.43 bits per heavy atom. The Hall–Kier alpha value is -2.77. The second-order valence-electron chi connectivity index (χ2n) is 7.96. The molecule has 0 atom stereocenters. The van der Waals surface area contributed by atoms with Crippen LogP contribution in [-0.2, 0) is 6.54 Å². The fourth-order valence-corrected chi connectivity index (χ4v) is 3.60. The van der Waals surface area contributed by atoms with Gasteiger partial charge in [-0.15, -0.1) is 10.2 Å². The quantitative estimate of drug-likeness (QED) is 0.780. The average Bonchev–Trinajstić information content (AvgIpc) is 3.55. The Kier molecular flexibility index (Phi) is 5.11. The zero-order valence-electron chi connectivity index (χ0n) is 16.4. The van der Waals surface area contributed by atoms with Gasteiger partial charge in [0.1, 0.15) is 0 Å². The van der Waals surface area contributed by atoms with Crippen molar-refractivity contribution in [1.29, 1.82) is 0 Å². The topological polar surface area (TPSA) is 84.2 Å². The van der Waals surface area contributed by atoms with Gasteiger partial charge >= 0.3 is 0 Å². The van der Waals surface area contributed by atoms with Crippen molar-refractivity contribution in [2.24, 2.45) is 5.92 Å². The maximum atomic E-state index is 12.7. The van der Waals surface area contributed by atoms with Gasteiger partial charge in [-0.1, -0.05) is 0 Å². The number of nitrogens with zero attached hydrogens (tertiary/aromatic N) is 6. The Labute approximate surface area is 164 Å². The largest absolute Gasteiger partial charge is 0.361 e. The summed E-state index contributed by atoms with van der Waals surface area (Å²) in [6.07, 6.45) is 4.06. The number of carbonyl (C=O) groups is 1. The van der Waals surface area contributed by atoms with Crippen LogP contribution in [0.15, 0.2) is 29.1 Å². The summed E-state index contributed by atoms with van der Waals surface area (Å²) in [6.45, 7) is 1.95. The third-order valence-electron chi connectivity index (χ3n) is 5.54. The molecule has 3 heterocycles. The zero-order chi connectivity index (χ0) is 19.7. The maximum absolute atomic E-state index is 12.7. The van der Waals surface area contributed by atoms with E-state index in [1.807, 2.05) is 30.0 Å². The third-order valence-corrected chi connectivity index (χ3v) is 5.54. The molecule has 2 aliphatic rings. The van der Waals surface area contributed by atoms with Gasteiger partial charge in [-0.3, -0.25) is 9.59 Å². The van der Waals surface area contributed by atoms with Crippen LogP contribution in [-0.4, -0.2) is 58.0 Å².